The smallest absolute Gasteiger partial charge is 0.241 e. The van der Waals surface area contributed by atoms with Crippen LogP contribution in [0.3, 0.4) is 0 Å². The van der Waals surface area contributed by atoms with Crippen LogP contribution in [0, 0.1) is 0 Å². The molecule has 8 heteroatoms. The summed E-state index contributed by atoms with van der Waals surface area (Å²) in [5.74, 6) is 1.40. The van der Waals surface area contributed by atoms with Gasteiger partial charge in [-0.05, 0) is 24.3 Å². The molecule has 0 saturated heterocycles. The normalized spacial score (nSPS) is 11.8. The van der Waals surface area contributed by atoms with E-state index >= 15 is 0 Å². The fourth-order valence-corrected chi connectivity index (χ4v) is 2.54. The maximum Gasteiger partial charge on any atom is 0.241 e. The van der Waals surface area contributed by atoms with Crippen molar-refractivity contribution in [2.75, 3.05) is 7.11 Å². The monoisotopic (exact) mass is 311 g/mol. The van der Waals surface area contributed by atoms with Crippen LogP contribution < -0.4 is 9.46 Å². The number of ether oxygens (including phenoxy) is 1. The first-order valence-electron chi connectivity index (χ1n) is 6.38. The van der Waals surface area contributed by atoms with E-state index < -0.39 is 10.0 Å². The van der Waals surface area contributed by atoms with Gasteiger partial charge in [-0.1, -0.05) is 13.8 Å². The Kier molecular flexibility index (Phi) is 4.59. The van der Waals surface area contributed by atoms with E-state index in [9.17, 15) is 8.42 Å². The average Bonchev–Trinajstić information content (AvgIpc) is 2.94. The molecule has 0 radical (unpaired) electrons. The molecule has 1 aromatic heterocycles. The van der Waals surface area contributed by atoms with Crippen molar-refractivity contribution in [3.05, 3.63) is 36.0 Å². The van der Waals surface area contributed by atoms with Crippen molar-refractivity contribution in [3.8, 4) is 5.75 Å². The fraction of sp³-hybridized carbons (Fsp3) is 0.385. The minimum absolute atomic E-state index is 0.0475. The van der Waals surface area contributed by atoms with Crippen molar-refractivity contribution in [3.63, 3.8) is 0 Å². The Morgan fingerprint density at radius 1 is 1.24 bits per heavy atom. The van der Waals surface area contributed by atoms with E-state index in [1.165, 1.54) is 19.2 Å². The van der Waals surface area contributed by atoms with Crippen LogP contribution in [-0.4, -0.2) is 25.7 Å². The van der Waals surface area contributed by atoms with Crippen LogP contribution in [0.15, 0.2) is 33.6 Å². The molecular formula is C13H17N3O4S. The topological polar surface area (TPSA) is 94.3 Å². The summed E-state index contributed by atoms with van der Waals surface area (Å²) in [5.41, 5.74) is 0. The van der Waals surface area contributed by atoms with Crippen molar-refractivity contribution in [2.24, 2.45) is 0 Å². The summed E-state index contributed by atoms with van der Waals surface area (Å²) in [7, 11) is -2.11. The second-order valence-corrected chi connectivity index (χ2v) is 6.46. The first-order valence-corrected chi connectivity index (χ1v) is 7.86. The Morgan fingerprint density at radius 3 is 2.43 bits per heavy atom. The van der Waals surface area contributed by atoms with Gasteiger partial charge in [-0.25, -0.2) is 13.1 Å². The summed E-state index contributed by atoms with van der Waals surface area (Å²) in [6, 6.07) is 6.10. The molecule has 1 heterocycles. The first-order chi connectivity index (χ1) is 9.92. The van der Waals surface area contributed by atoms with Crippen LogP contribution in [0.5, 0.6) is 5.75 Å². The van der Waals surface area contributed by atoms with Crippen LogP contribution in [0.1, 0.15) is 31.5 Å². The molecule has 0 fully saturated rings. The predicted molar refractivity (Wildman–Crippen MR) is 75.4 cm³/mol. The van der Waals surface area contributed by atoms with Crippen molar-refractivity contribution >= 4 is 10.0 Å². The van der Waals surface area contributed by atoms with Crippen LogP contribution in [-0.2, 0) is 16.6 Å². The third-order valence-corrected chi connectivity index (χ3v) is 4.18. The number of aromatic nitrogens is 2. The summed E-state index contributed by atoms with van der Waals surface area (Å²) in [5, 5.41) is 7.64. The molecule has 21 heavy (non-hydrogen) atoms. The lowest BCUT2D eigenvalue weighted by Gasteiger charge is -2.05. The molecule has 0 aliphatic rings. The zero-order valence-electron chi connectivity index (χ0n) is 12.0. The maximum absolute atomic E-state index is 12.1. The lowest BCUT2D eigenvalue weighted by atomic mass is 10.2. The summed E-state index contributed by atoms with van der Waals surface area (Å²) in [6.45, 7) is 3.78. The van der Waals surface area contributed by atoms with Crippen LogP contribution >= 0.6 is 0 Å². The quantitative estimate of drug-likeness (QED) is 0.872. The van der Waals surface area contributed by atoms with Gasteiger partial charge < -0.3 is 9.15 Å². The highest BCUT2D eigenvalue weighted by Gasteiger charge is 2.16. The molecule has 0 aliphatic carbocycles. The molecule has 0 atom stereocenters. The zero-order valence-corrected chi connectivity index (χ0v) is 12.8. The van der Waals surface area contributed by atoms with E-state index in [-0.39, 0.29) is 23.2 Å². The lowest BCUT2D eigenvalue weighted by molar-refractivity contribution is 0.414. The number of rotatable bonds is 6. The first kappa shape index (κ1) is 15.5. The molecule has 2 aromatic rings. The summed E-state index contributed by atoms with van der Waals surface area (Å²) >= 11 is 0. The molecule has 0 bridgehead atoms. The predicted octanol–water partition coefficient (Wildman–Crippen LogP) is 1.68. The van der Waals surface area contributed by atoms with E-state index in [1.807, 2.05) is 13.8 Å². The van der Waals surface area contributed by atoms with Crippen molar-refractivity contribution in [1.82, 2.24) is 14.9 Å². The van der Waals surface area contributed by atoms with Crippen LogP contribution in [0.25, 0.3) is 0 Å². The van der Waals surface area contributed by atoms with E-state index in [1.54, 1.807) is 12.1 Å². The number of methoxy groups -OCH3 is 1. The summed E-state index contributed by atoms with van der Waals surface area (Å²) in [6.07, 6.45) is 0. The minimum atomic E-state index is -3.63. The summed E-state index contributed by atoms with van der Waals surface area (Å²) in [4.78, 5) is 0.145. The molecule has 2 rings (SSSR count). The maximum atomic E-state index is 12.1. The highest BCUT2D eigenvalue weighted by Crippen LogP contribution is 2.16. The third-order valence-electron chi connectivity index (χ3n) is 2.76. The molecular weight excluding hydrogens is 294 g/mol. The van der Waals surface area contributed by atoms with Gasteiger partial charge in [-0.2, -0.15) is 0 Å². The average molecular weight is 311 g/mol. The largest absolute Gasteiger partial charge is 0.497 e. The van der Waals surface area contributed by atoms with Gasteiger partial charge in [0.05, 0.1) is 18.6 Å². The van der Waals surface area contributed by atoms with Crippen molar-refractivity contribution in [2.45, 2.75) is 31.2 Å². The van der Waals surface area contributed by atoms with E-state index in [0.717, 1.165) is 0 Å². The van der Waals surface area contributed by atoms with E-state index in [4.69, 9.17) is 9.15 Å². The molecule has 1 aromatic carbocycles. The Labute approximate surface area is 123 Å². The number of nitrogens with zero attached hydrogens (tertiary/aromatic N) is 2. The highest BCUT2D eigenvalue weighted by atomic mass is 32.2. The van der Waals surface area contributed by atoms with Gasteiger partial charge >= 0.3 is 0 Å². The lowest BCUT2D eigenvalue weighted by Crippen LogP contribution is -2.23. The number of benzene rings is 1. The number of sulfonamides is 1. The van der Waals surface area contributed by atoms with Gasteiger partial charge in [-0.15, -0.1) is 10.2 Å². The SMILES string of the molecule is COc1ccc(S(=O)(=O)NCc2nnc(C(C)C)o2)cc1. The molecule has 0 unspecified atom stereocenters. The second-order valence-electron chi connectivity index (χ2n) is 4.69. The van der Waals surface area contributed by atoms with Crippen molar-refractivity contribution in [1.29, 1.82) is 0 Å². The molecule has 0 aliphatic heterocycles. The van der Waals surface area contributed by atoms with Crippen molar-refractivity contribution < 1.29 is 17.6 Å². The van der Waals surface area contributed by atoms with Gasteiger partial charge in [-0.3, -0.25) is 0 Å². The Hall–Kier alpha value is -1.93. The molecule has 7 nitrogen and oxygen atoms in total. The third kappa shape index (κ3) is 3.79. The zero-order chi connectivity index (χ0) is 15.5. The van der Waals surface area contributed by atoms with Crippen LogP contribution in [0.4, 0.5) is 0 Å². The molecule has 0 spiro atoms. The molecule has 0 saturated carbocycles. The van der Waals surface area contributed by atoms with Gasteiger partial charge in [0.15, 0.2) is 0 Å². The second kappa shape index (κ2) is 6.23. The highest BCUT2D eigenvalue weighted by molar-refractivity contribution is 7.89. The van der Waals surface area contributed by atoms with E-state index in [0.29, 0.717) is 11.6 Å². The fourth-order valence-electron chi connectivity index (χ4n) is 1.57. The van der Waals surface area contributed by atoms with Gasteiger partial charge in [0.2, 0.25) is 21.8 Å². The van der Waals surface area contributed by atoms with Gasteiger partial charge in [0, 0.05) is 5.92 Å². The number of hydrogen-bond donors (Lipinski definition) is 1. The summed E-state index contributed by atoms with van der Waals surface area (Å²) < 4.78 is 37.0. The van der Waals surface area contributed by atoms with E-state index in [2.05, 4.69) is 14.9 Å². The van der Waals surface area contributed by atoms with Gasteiger partial charge in [0.1, 0.15) is 5.75 Å². The molecule has 1 N–H and O–H groups in total. The molecule has 0 amide bonds. The Balaban J connectivity index is 2.06. The Bertz CT molecular complexity index is 692. The van der Waals surface area contributed by atoms with Gasteiger partial charge in [0.25, 0.3) is 0 Å². The van der Waals surface area contributed by atoms with Crippen LogP contribution in [0.2, 0.25) is 0 Å². The number of hydrogen-bond acceptors (Lipinski definition) is 6. The molecule has 114 valence electrons. The minimum Gasteiger partial charge on any atom is -0.497 e. The Morgan fingerprint density at radius 2 is 1.90 bits per heavy atom. The number of nitrogens with one attached hydrogen (secondary N) is 1. The standard InChI is InChI=1S/C13H17N3O4S/c1-9(2)13-16-15-12(20-13)8-14-21(17,18)11-6-4-10(19-3)5-7-11/h4-7,9,14H,8H2,1-3H3.